The van der Waals surface area contributed by atoms with Crippen LogP contribution in [0.15, 0.2) is 64.5 Å². The van der Waals surface area contributed by atoms with Crippen LogP contribution in [0.1, 0.15) is 48.6 Å². The standard InChI is InChI=1S/C29H34FN3O2S/c1-4-26(28(35)33-16-14-23(15-17-33)18-21-8-6-5-7-9-21)36-29-31-20(2)25(27(34)32(29)3)19-22-10-12-24(30)13-11-22/h5-13,23,26H,4,14-19H2,1-3H3. The van der Waals surface area contributed by atoms with Crippen LogP contribution in [0.5, 0.6) is 0 Å². The average molecular weight is 508 g/mol. The number of aromatic nitrogens is 2. The van der Waals surface area contributed by atoms with E-state index < -0.39 is 0 Å². The zero-order chi connectivity index (χ0) is 25.7. The number of benzene rings is 2. The van der Waals surface area contributed by atoms with Gasteiger partial charge in [0.2, 0.25) is 5.91 Å². The summed E-state index contributed by atoms with van der Waals surface area (Å²) in [5.74, 6) is 0.426. The number of hydrogen-bond donors (Lipinski definition) is 0. The van der Waals surface area contributed by atoms with Crippen molar-refractivity contribution in [2.75, 3.05) is 13.1 Å². The first-order chi connectivity index (χ1) is 17.4. The molecule has 1 fully saturated rings. The Labute approximate surface area is 216 Å². The Balaban J connectivity index is 1.41. The number of carbonyl (C=O) groups excluding carboxylic acids is 1. The maximum atomic E-state index is 13.4. The molecule has 1 aliphatic heterocycles. The number of rotatable bonds is 8. The Morgan fingerprint density at radius 3 is 2.39 bits per heavy atom. The molecule has 3 aromatic rings. The number of hydrogen-bond acceptors (Lipinski definition) is 4. The van der Waals surface area contributed by atoms with Gasteiger partial charge in [0.25, 0.3) is 5.56 Å². The van der Waals surface area contributed by atoms with Crippen molar-refractivity contribution in [3.63, 3.8) is 0 Å². The molecule has 0 N–H and O–H groups in total. The van der Waals surface area contributed by atoms with E-state index in [2.05, 4.69) is 24.3 Å². The number of likely N-dealkylation sites (tertiary alicyclic amines) is 1. The molecule has 36 heavy (non-hydrogen) atoms. The van der Waals surface area contributed by atoms with E-state index in [0.29, 0.717) is 35.2 Å². The van der Waals surface area contributed by atoms with Gasteiger partial charge in [-0.15, -0.1) is 0 Å². The minimum Gasteiger partial charge on any atom is -0.342 e. The molecule has 0 radical (unpaired) electrons. The summed E-state index contributed by atoms with van der Waals surface area (Å²) in [5, 5.41) is 0.274. The number of aryl methyl sites for hydroxylation is 1. The number of halogens is 1. The summed E-state index contributed by atoms with van der Waals surface area (Å²) in [6.07, 6.45) is 4.14. The molecule has 1 aliphatic rings. The van der Waals surface area contributed by atoms with Crippen molar-refractivity contribution in [2.24, 2.45) is 13.0 Å². The Bertz CT molecular complexity index is 1240. The molecule has 1 amide bonds. The summed E-state index contributed by atoms with van der Waals surface area (Å²) < 4.78 is 14.8. The monoisotopic (exact) mass is 507 g/mol. The SMILES string of the molecule is CCC(Sc1nc(C)c(Cc2ccc(F)cc2)c(=O)n1C)C(=O)N1CCC(Cc2ccccc2)CC1. The molecule has 1 saturated heterocycles. The molecule has 0 bridgehead atoms. The van der Waals surface area contributed by atoms with Crippen molar-refractivity contribution < 1.29 is 9.18 Å². The van der Waals surface area contributed by atoms with Crippen LogP contribution < -0.4 is 5.56 Å². The predicted octanol–water partition coefficient (Wildman–Crippen LogP) is 5.17. The molecule has 0 aliphatic carbocycles. The van der Waals surface area contributed by atoms with Crippen LogP contribution in [-0.4, -0.2) is 38.7 Å². The molecule has 190 valence electrons. The van der Waals surface area contributed by atoms with Crippen LogP contribution in [0.2, 0.25) is 0 Å². The third-order valence-corrected chi connectivity index (χ3v) is 8.43. The second kappa shape index (κ2) is 11.9. The van der Waals surface area contributed by atoms with Crippen LogP contribution in [0.25, 0.3) is 0 Å². The minimum absolute atomic E-state index is 0.127. The molecule has 0 saturated carbocycles. The highest BCUT2D eigenvalue weighted by Crippen LogP contribution is 2.28. The quantitative estimate of drug-likeness (QED) is 0.312. The molecular formula is C29H34FN3O2S. The van der Waals surface area contributed by atoms with Crippen LogP contribution in [0.3, 0.4) is 0 Å². The molecule has 2 heterocycles. The Morgan fingerprint density at radius 2 is 1.75 bits per heavy atom. The fourth-order valence-electron chi connectivity index (χ4n) is 4.79. The summed E-state index contributed by atoms with van der Waals surface area (Å²) in [6.45, 7) is 5.38. The zero-order valence-corrected chi connectivity index (χ0v) is 22.1. The summed E-state index contributed by atoms with van der Waals surface area (Å²) in [7, 11) is 1.71. The fraction of sp³-hybridized carbons (Fsp3) is 0.414. The fourth-order valence-corrected chi connectivity index (χ4v) is 5.89. The normalized spacial score (nSPS) is 15.2. The van der Waals surface area contributed by atoms with Gasteiger partial charge in [0, 0.05) is 37.8 Å². The van der Waals surface area contributed by atoms with Gasteiger partial charge in [-0.05, 0) is 61.8 Å². The van der Waals surface area contributed by atoms with Gasteiger partial charge in [-0.3, -0.25) is 14.2 Å². The lowest BCUT2D eigenvalue weighted by Crippen LogP contribution is -2.43. The molecule has 1 unspecified atom stereocenters. The summed E-state index contributed by atoms with van der Waals surface area (Å²) in [6, 6.07) is 16.7. The number of amides is 1. The topological polar surface area (TPSA) is 55.2 Å². The Hall–Kier alpha value is -2.93. The smallest absolute Gasteiger partial charge is 0.257 e. The van der Waals surface area contributed by atoms with E-state index >= 15 is 0 Å². The van der Waals surface area contributed by atoms with E-state index in [1.807, 2.05) is 24.8 Å². The van der Waals surface area contributed by atoms with Gasteiger partial charge >= 0.3 is 0 Å². The highest BCUT2D eigenvalue weighted by molar-refractivity contribution is 8.00. The van der Waals surface area contributed by atoms with Crippen molar-refractivity contribution in [3.8, 4) is 0 Å². The predicted molar refractivity (Wildman–Crippen MR) is 143 cm³/mol. The van der Waals surface area contributed by atoms with Crippen molar-refractivity contribution in [3.05, 3.63) is 93.2 Å². The van der Waals surface area contributed by atoms with Crippen molar-refractivity contribution in [1.29, 1.82) is 0 Å². The van der Waals surface area contributed by atoms with Crippen LogP contribution in [-0.2, 0) is 24.7 Å². The van der Waals surface area contributed by atoms with Gasteiger partial charge in [-0.1, -0.05) is 61.2 Å². The lowest BCUT2D eigenvalue weighted by molar-refractivity contribution is -0.132. The highest BCUT2D eigenvalue weighted by atomic mass is 32.2. The van der Waals surface area contributed by atoms with Gasteiger partial charge in [0.05, 0.1) is 5.25 Å². The third kappa shape index (κ3) is 6.25. The van der Waals surface area contributed by atoms with Crippen molar-refractivity contribution >= 4 is 17.7 Å². The second-order valence-electron chi connectivity index (χ2n) is 9.60. The maximum absolute atomic E-state index is 13.4. The molecule has 4 rings (SSSR count). The Kier molecular flexibility index (Phi) is 8.62. The van der Waals surface area contributed by atoms with Gasteiger partial charge in [-0.2, -0.15) is 0 Å². The number of piperidine rings is 1. The van der Waals surface area contributed by atoms with E-state index in [4.69, 9.17) is 4.98 Å². The number of thioether (sulfide) groups is 1. The molecule has 7 heteroatoms. The molecule has 1 aromatic heterocycles. The van der Waals surface area contributed by atoms with E-state index in [-0.39, 0.29) is 22.5 Å². The van der Waals surface area contributed by atoms with Crippen molar-refractivity contribution in [1.82, 2.24) is 14.5 Å². The second-order valence-corrected chi connectivity index (χ2v) is 10.8. The molecule has 0 spiro atoms. The van der Waals surface area contributed by atoms with E-state index in [1.54, 1.807) is 23.7 Å². The summed E-state index contributed by atoms with van der Waals surface area (Å²) in [4.78, 5) is 33.2. The van der Waals surface area contributed by atoms with E-state index in [1.165, 1.54) is 29.5 Å². The summed E-state index contributed by atoms with van der Waals surface area (Å²) >= 11 is 1.38. The first-order valence-electron chi connectivity index (χ1n) is 12.7. The lowest BCUT2D eigenvalue weighted by Gasteiger charge is -2.34. The highest BCUT2D eigenvalue weighted by Gasteiger charge is 2.29. The van der Waals surface area contributed by atoms with Crippen molar-refractivity contribution in [2.45, 2.75) is 56.4 Å². The maximum Gasteiger partial charge on any atom is 0.257 e. The molecule has 2 aromatic carbocycles. The average Bonchev–Trinajstić information content (AvgIpc) is 2.89. The minimum atomic E-state index is -0.302. The van der Waals surface area contributed by atoms with Crippen LogP contribution in [0, 0.1) is 18.7 Å². The largest absolute Gasteiger partial charge is 0.342 e. The number of nitrogens with zero attached hydrogens (tertiary/aromatic N) is 3. The van der Waals surface area contributed by atoms with E-state index in [0.717, 1.165) is 37.9 Å². The lowest BCUT2D eigenvalue weighted by atomic mass is 9.90. The first-order valence-corrected chi connectivity index (χ1v) is 13.5. The number of carbonyl (C=O) groups is 1. The van der Waals surface area contributed by atoms with Gasteiger partial charge in [-0.25, -0.2) is 9.37 Å². The van der Waals surface area contributed by atoms with Gasteiger partial charge in [0.15, 0.2) is 5.16 Å². The molecule has 5 nitrogen and oxygen atoms in total. The van der Waals surface area contributed by atoms with Gasteiger partial charge < -0.3 is 4.90 Å². The summed E-state index contributed by atoms with van der Waals surface area (Å²) in [5.41, 5.74) is 3.33. The van der Waals surface area contributed by atoms with Crippen LogP contribution >= 0.6 is 11.8 Å². The van der Waals surface area contributed by atoms with Gasteiger partial charge in [0.1, 0.15) is 5.82 Å². The van der Waals surface area contributed by atoms with E-state index in [9.17, 15) is 14.0 Å². The third-order valence-electron chi connectivity index (χ3n) is 7.03. The van der Waals surface area contributed by atoms with Crippen LogP contribution in [0.4, 0.5) is 4.39 Å². The molecule has 1 atom stereocenters. The first kappa shape index (κ1) is 26.1. The molecular weight excluding hydrogens is 473 g/mol. The zero-order valence-electron chi connectivity index (χ0n) is 21.2. The Morgan fingerprint density at radius 1 is 1.08 bits per heavy atom.